The molecular weight excluding hydrogens is 240 g/mol. The second kappa shape index (κ2) is 10.1. The number of ether oxygens (including phenoxy) is 1. The third-order valence-corrected chi connectivity index (χ3v) is 2.95. The van der Waals surface area contributed by atoms with Crippen molar-refractivity contribution in [3.8, 4) is 0 Å². The predicted octanol–water partition coefficient (Wildman–Crippen LogP) is 3.32. The van der Waals surface area contributed by atoms with Gasteiger partial charge in [0.2, 0.25) is 0 Å². The summed E-state index contributed by atoms with van der Waals surface area (Å²) in [6, 6.07) is 0. The molecule has 0 spiro atoms. The molecule has 0 aliphatic rings. The van der Waals surface area contributed by atoms with E-state index in [4.69, 9.17) is 4.74 Å². The summed E-state index contributed by atoms with van der Waals surface area (Å²) in [5.41, 5.74) is -0.426. The van der Waals surface area contributed by atoms with Crippen LogP contribution in [-0.2, 0) is 4.74 Å². The van der Waals surface area contributed by atoms with Gasteiger partial charge in [-0.15, -0.1) is 0 Å². The number of amides is 1. The Morgan fingerprint density at radius 1 is 1.21 bits per heavy atom. The second-order valence-electron chi connectivity index (χ2n) is 6.05. The Morgan fingerprint density at radius 2 is 1.89 bits per heavy atom. The fraction of sp³-hybridized carbons (Fsp3) is 0.933. The zero-order valence-corrected chi connectivity index (χ0v) is 13.3. The molecule has 19 heavy (non-hydrogen) atoms. The highest BCUT2D eigenvalue weighted by molar-refractivity contribution is 5.67. The van der Waals surface area contributed by atoms with Crippen LogP contribution in [0.25, 0.3) is 0 Å². The van der Waals surface area contributed by atoms with Gasteiger partial charge in [-0.2, -0.15) is 0 Å². The van der Waals surface area contributed by atoms with Crippen LogP contribution in [0.1, 0.15) is 60.3 Å². The molecule has 0 radical (unpaired) electrons. The summed E-state index contributed by atoms with van der Waals surface area (Å²) < 4.78 is 5.16. The number of hydrogen-bond donors (Lipinski definition) is 2. The van der Waals surface area contributed by atoms with Gasteiger partial charge in [-0.25, -0.2) is 4.79 Å². The maximum atomic E-state index is 11.4. The first-order chi connectivity index (χ1) is 8.89. The summed E-state index contributed by atoms with van der Waals surface area (Å²) in [4.78, 5) is 11.4. The molecule has 2 N–H and O–H groups in total. The van der Waals surface area contributed by atoms with Crippen molar-refractivity contribution in [3.05, 3.63) is 0 Å². The Morgan fingerprint density at radius 3 is 2.42 bits per heavy atom. The number of hydrogen-bond acceptors (Lipinski definition) is 3. The van der Waals surface area contributed by atoms with Crippen LogP contribution < -0.4 is 10.6 Å². The Hall–Kier alpha value is -0.770. The molecule has 1 amide bonds. The third kappa shape index (κ3) is 12.0. The summed E-state index contributed by atoms with van der Waals surface area (Å²) in [6.07, 6.45) is 4.73. The Balaban J connectivity index is 3.55. The molecule has 0 aromatic heterocycles. The van der Waals surface area contributed by atoms with Gasteiger partial charge < -0.3 is 15.4 Å². The quantitative estimate of drug-likeness (QED) is 0.633. The molecule has 0 saturated heterocycles. The highest BCUT2D eigenvalue weighted by Crippen LogP contribution is 2.10. The van der Waals surface area contributed by atoms with Gasteiger partial charge >= 0.3 is 6.09 Å². The molecule has 0 aromatic carbocycles. The fourth-order valence-corrected chi connectivity index (χ4v) is 1.82. The molecule has 0 fully saturated rings. The van der Waals surface area contributed by atoms with E-state index >= 15 is 0 Å². The summed E-state index contributed by atoms with van der Waals surface area (Å²) in [5, 5.41) is 6.14. The van der Waals surface area contributed by atoms with E-state index in [0.29, 0.717) is 6.54 Å². The lowest BCUT2D eigenvalue weighted by molar-refractivity contribution is 0.0528. The molecule has 114 valence electrons. The lowest BCUT2D eigenvalue weighted by atomic mass is 9.99. The molecule has 0 bridgehead atoms. The molecule has 4 heteroatoms. The molecule has 1 unspecified atom stereocenters. The van der Waals surface area contributed by atoms with Gasteiger partial charge in [-0.3, -0.25) is 0 Å². The van der Waals surface area contributed by atoms with Gasteiger partial charge in [-0.1, -0.05) is 33.1 Å². The average molecular weight is 272 g/mol. The van der Waals surface area contributed by atoms with Gasteiger partial charge in [-0.05, 0) is 39.7 Å². The van der Waals surface area contributed by atoms with Crippen LogP contribution in [0.5, 0.6) is 0 Å². The van der Waals surface area contributed by atoms with E-state index in [9.17, 15) is 4.79 Å². The van der Waals surface area contributed by atoms with Crippen molar-refractivity contribution < 1.29 is 9.53 Å². The van der Waals surface area contributed by atoms with E-state index in [1.54, 1.807) is 0 Å². The van der Waals surface area contributed by atoms with Crippen molar-refractivity contribution in [2.24, 2.45) is 5.92 Å². The standard InChI is InChI=1S/C15H32N2O2/c1-6-8-9-13(7-2)12-16-10-11-17-14(18)19-15(3,4)5/h13,16H,6-12H2,1-5H3,(H,17,18). The van der Waals surface area contributed by atoms with E-state index in [-0.39, 0.29) is 6.09 Å². The number of rotatable bonds is 9. The maximum absolute atomic E-state index is 11.4. The number of carbonyl (C=O) groups is 1. The minimum atomic E-state index is -0.426. The van der Waals surface area contributed by atoms with E-state index in [1.807, 2.05) is 20.8 Å². The molecule has 0 aromatic rings. The van der Waals surface area contributed by atoms with Crippen LogP contribution in [-0.4, -0.2) is 31.3 Å². The molecule has 0 heterocycles. The van der Waals surface area contributed by atoms with Crippen LogP contribution in [0.2, 0.25) is 0 Å². The highest BCUT2D eigenvalue weighted by Gasteiger charge is 2.15. The Kier molecular flexibility index (Phi) is 9.66. The summed E-state index contributed by atoms with van der Waals surface area (Å²) in [7, 11) is 0. The first-order valence-corrected chi connectivity index (χ1v) is 7.56. The molecule has 0 rings (SSSR count). The monoisotopic (exact) mass is 272 g/mol. The van der Waals surface area contributed by atoms with Crippen molar-refractivity contribution in [1.82, 2.24) is 10.6 Å². The van der Waals surface area contributed by atoms with Crippen LogP contribution in [0.15, 0.2) is 0 Å². The van der Waals surface area contributed by atoms with E-state index in [0.717, 1.165) is 19.0 Å². The Labute approximate surface area is 118 Å². The predicted molar refractivity (Wildman–Crippen MR) is 80.4 cm³/mol. The van der Waals surface area contributed by atoms with Crippen molar-refractivity contribution in [2.75, 3.05) is 19.6 Å². The number of carbonyl (C=O) groups excluding carboxylic acids is 1. The zero-order chi connectivity index (χ0) is 14.7. The maximum Gasteiger partial charge on any atom is 0.407 e. The number of unbranched alkanes of at least 4 members (excludes halogenated alkanes) is 1. The lowest BCUT2D eigenvalue weighted by Crippen LogP contribution is -2.37. The molecule has 1 atom stereocenters. The van der Waals surface area contributed by atoms with Gasteiger partial charge in [0.1, 0.15) is 5.60 Å². The fourth-order valence-electron chi connectivity index (χ4n) is 1.82. The van der Waals surface area contributed by atoms with Crippen LogP contribution in [0, 0.1) is 5.92 Å². The van der Waals surface area contributed by atoms with Crippen molar-refractivity contribution in [3.63, 3.8) is 0 Å². The van der Waals surface area contributed by atoms with Gasteiger partial charge in [0.25, 0.3) is 0 Å². The van der Waals surface area contributed by atoms with Crippen molar-refractivity contribution in [2.45, 2.75) is 65.9 Å². The largest absolute Gasteiger partial charge is 0.444 e. The van der Waals surface area contributed by atoms with Gasteiger partial charge in [0, 0.05) is 13.1 Å². The van der Waals surface area contributed by atoms with E-state index in [1.165, 1.54) is 25.7 Å². The third-order valence-electron chi connectivity index (χ3n) is 2.95. The topological polar surface area (TPSA) is 50.4 Å². The van der Waals surface area contributed by atoms with Crippen molar-refractivity contribution in [1.29, 1.82) is 0 Å². The smallest absolute Gasteiger partial charge is 0.407 e. The number of nitrogens with one attached hydrogen (secondary N) is 2. The SMILES string of the molecule is CCCCC(CC)CNCCNC(=O)OC(C)(C)C. The van der Waals surface area contributed by atoms with Crippen LogP contribution in [0.3, 0.4) is 0 Å². The van der Waals surface area contributed by atoms with Crippen LogP contribution >= 0.6 is 0 Å². The first-order valence-electron chi connectivity index (χ1n) is 7.56. The minimum absolute atomic E-state index is 0.340. The van der Waals surface area contributed by atoms with Gasteiger partial charge in [0.15, 0.2) is 0 Å². The molecule has 0 saturated carbocycles. The lowest BCUT2D eigenvalue weighted by Gasteiger charge is -2.20. The second-order valence-corrected chi connectivity index (χ2v) is 6.05. The van der Waals surface area contributed by atoms with Gasteiger partial charge in [0.05, 0.1) is 0 Å². The molecule has 0 aliphatic heterocycles. The molecule has 0 aliphatic carbocycles. The Bertz CT molecular complexity index is 237. The minimum Gasteiger partial charge on any atom is -0.444 e. The summed E-state index contributed by atoms with van der Waals surface area (Å²) in [5.74, 6) is 0.751. The van der Waals surface area contributed by atoms with Crippen molar-refractivity contribution >= 4 is 6.09 Å². The van der Waals surface area contributed by atoms with E-state index < -0.39 is 5.60 Å². The van der Waals surface area contributed by atoms with Crippen LogP contribution in [0.4, 0.5) is 4.79 Å². The summed E-state index contributed by atoms with van der Waals surface area (Å²) in [6.45, 7) is 12.5. The summed E-state index contributed by atoms with van der Waals surface area (Å²) >= 11 is 0. The average Bonchev–Trinajstić information content (AvgIpc) is 2.30. The molecular formula is C15H32N2O2. The zero-order valence-electron chi connectivity index (χ0n) is 13.3. The first kappa shape index (κ1) is 18.2. The molecule has 4 nitrogen and oxygen atoms in total. The normalized spacial score (nSPS) is 13.1. The highest BCUT2D eigenvalue weighted by atomic mass is 16.6. The number of alkyl carbamates (subject to hydrolysis) is 1. The van der Waals surface area contributed by atoms with E-state index in [2.05, 4.69) is 24.5 Å².